The molecule has 0 N–H and O–H groups in total. The zero-order chi connectivity index (χ0) is 17.6. The Balaban J connectivity index is 2.84. The van der Waals surface area contributed by atoms with Gasteiger partial charge in [0, 0.05) is 4.47 Å². The van der Waals surface area contributed by atoms with Crippen LogP contribution in [0.5, 0.6) is 0 Å². The molecule has 1 rings (SSSR count). The minimum absolute atomic E-state index is 0.00926. The van der Waals surface area contributed by atoms with Crippen LogP contribution in [0.3, 0.4) is 0 Å². The quantitative estimate of drug-likeness (QED) is 0.686. The molecule has 23 heavy (non-hydrogen) atoms. The highest BCUT2D eigenvalue weighted by Crippen LogP contribution is 2.20. The summed E-state index contributed by atoms with van der Waals surface area (Å²) < 4.78 is 11.5. The molecule has 0 bridgehead atoms. The van der Waals surface area contributed by atoms with Gasteiger partial charge in [-0.3, -0.25) is 9.59 Å². The Labute approximate surface area is 146 Å². The first-order valence-electron chi connectivity index (χ1n) is 7.73. The van der Waals surface area contributed by atoms with Crippen molar-refractivity contribution in [2.75, 3.05) is 0 Å². The maximum Gasteiger partial charge on any atom is 0.310 e. The van der Waals surface area contributed by atoms with Gasteiger partial charge in [-0.1, -0.05) is 28.1 Å². The SMILES string of the molecule is CC(C)OC(=O)[C@H](CC(=O)OC(C)(C)C)Cc1cccc(Br)c1. The van der Waals surface area contributed by atoms with Crippen molar-refractivity contribution >= 4 is 27.9 Å². The van der Waals surface area contributed by atoms with Crippen LogP contribution >= 0.6 is 15.9 Å². The molecule has 0 saturated carbocycles. The van der Waals surface area contributed by atoms with Gasteiger partial charge in [-0.2, -0.15) is 0 Å². The first-order valence-corrected chi connectivity index (χ1v) is 8.53. The molecule has 0 aromatic heterocycles. The summed E-state index contributed by atoms with van der Waals surface area (Å²) in [4.78, 5) is 24.4. The summed E-state index contributed by atoms with van der Waals surface area (Å²) in [6.45, 7) is 9.01. The monoisotopic (exact) mass is 384 g/mol. The first-order chi connectivity index (χ1) is 10.6. The van der Waals surface area contributed by atoms with Crippen LogP contribution in [0.4, 0.5) is 0 Å². The largest absolute Gasteiger partial charge is 0.463 e. The summed E-state index contributed by atoms with van der Waals surface area (Å²) in [5.74, 6) is -1.31. The topological polar surface area (TPSA) is 52.6 Å². The fourth-order valence-corrected chi connectivity index (χ4v) is 2.55. The minimum Gasteiger partial charge on any atom is -0.463 e. The first kappa shape index (κ1) is 19.7. The highest BCUT2D eigenvalue weighted by molar-refractivity contribution is 9.10. The molecule has 0 amide bonds. The number of carbonyl (C=O) groups excluding carboxylic acids is 2. The van der Waals surface area contributed by atoms with Gasteiger partial charge in [-0.25, -0.2) is 0 Å². The molecular weight excluding hydrogens is 360 g/mol. The summed E-state index contributed by atoms with van der Waals surface area (Å²) in [5.41, 5.74) is 0.396. The molecule has 0 heterocycles. The molecule has 0 aliphatic carbocycles. The Morgan fingerprint density at radius 3 is 2.39 bits per heavy atom. The van der Waals surface area contributed by atoms with E-state index in [1.165, 1.54) is 0 Å². The maximum atomic E-state index is 12.3. The lowest BCUT2D eigenvalue weighted by atomic mass is 9.96. The molecule has 4 nitrogen and oxygen atoms in total. The lowest BCUT2D eigenvalue weighted by Crippen LogP contribution is -2.30. The number of esters is 2. The highest BCUT2D eigenvalue weighted by Gasteiger charge is 2.27. The number of ether oxygens (including phenoxy) is 2. The van der Waals surface area contributed by atoms with Gasteiger partial charge in [0.1, 0.15) is 5.60 Å². The van der Waals surface area contributed by atoms with Crippen LogP contribution in [-0.4, -0.2) is 23.6 Å². The van der Waals surface area contributed by atoms with Gasteiger partial charge >= 0.3 is 11.9 Å². The third-order valence-corrected chi connectivity index (χ3v) is 3.38. The van der Waals surface area contributed by atoms with Gasteiger partial charge in [0.25, 0.3) is 0 Å². The molecule has 0 unspecified atom stereocenters. The molecule has 0 aliphatic rings. The van der Waals surface area contributed by atoms with Crippen molar-refractivity contribution in [2.45, 2.75) is 59.2 Å². The zero-order valence-corrected chi connectivity index (χ0v) is 16.0. The number of benzene rings is 1. The van der Waals surface area contributed by atoms with Crippen molar-refractivity contribution in [3.05, 3.63) is 34.3 Å². The predicted octanol–water partition coefficient (Wildman–Crippen LogP) is 4.29. The molecule has 0 saturated heterocycles. The van der Waals surface area contributed by atoms with Crippen molar-refractivity contribution in [3.63, 3.8) is 0 Å². The minimum atomic E-state index is -0.570. The Morgan fingerprint density at radius 1 is 1.22 bits per heavy atom. The molecule has 0 aliphatic heterocycles. The van der Waals surface area contributed by atoms with E-state index in [1.54, 1.807) is 34.6 Å². The second-order valence-electron chi connectivity index (χ2n) is 6.81. The zero-order valence-electron chi connectivity index (χ0n) is 14.4. The third kappa shape index (κ3) is 8.16. The van der Waals surface area contributed by atoms with Gasteiger partial charge in [-0.15, -0.1) is 0 Å². The van der Waals surface area contributed by atoms with E-state index in [-0.39, 0.29) is 18.5 Å². The number of hydrogen-bond donors (Lipinski definition) is 0. The van der Waals surface area contributed by atoms with Crippen LogP contribution < -0.4 is 0 Å². The van der Waals surface area contributed by atoms with E-state index in [1.807, 2.05) is 24.3 Å². The predicted molar refractivity (Wildman–Crippen MR) is 93.0 cm³/mol. The Morgan fingerprint density at radius 2 is 1.87 bits per heavy atom. The molecule has 0 radical (unpaired) electrons. The van der Waals surface area contributed by atoms with Crippen LogP contribution in [0, 0.1) is 5.92 Å². The second kappa shape index (κ2) is 8.48. The molecule has 128 valence electrons. The van der Waals surface area contributed by atoms with Crippen molar-refractivity contribution in [3.8, 4) is 0 Å². The molecule has 0 spiro atoms. The van der Waals surface area contributed by atoms with Gasteiger partial charge in [0.15, 0.2) is 0 Å². The second-order valence-corrected chi connectivity index (χ2v) is 7.72. The Kier molecular flexibility index (Phi) is 7.26. The van der Waals surface area contributed by atoms with Crippen LogP contribution in [-0.2, 0) is 25.5 Å². The summed E-state index contributed by atoms with van der Waals surface area (Å²) in [6, 6.07) is 7.68. The summed E-state index contributed by atoms with van der Waals surface area (Å²) >= 11 is 3.41. The average molecular weight is 385 g/mol. The Hall–Kier alpha value is -1.36. The van der Waals surface area contributed by atoms with E-state index in [0.717, 1.165) is 10.0 Å². The lowest BCUT2D eigenvalue weighted by Gasteiger charge is -2.22. The van der Waals surface area contributed by atoms with E-state index < -0.39 is 17.5 Å². The number of rotatable bonds is 6. The van der Waals surface area contributed by atoms with Crippen LogP contribution in [0.2, 0.25) is 0 Å². The normalized spacial score (nSPS) is 12.8. The van der Waals surface area contributed by atoms with E-state index in [0.29, 0.717) is 6.42 Å². The number of carbonyl (C=O) groups is 2. The Bertz CT molecular complexity index is 546. The molecule has 1 aromatic carbocycles. The highest BCUT2D eigenvalue weighted by atomic mass is 79.9. The van der Waals surface area contributed by atoms with Crippen molar-refractivity contribution in [1.82, 2.24) is 0 Å². The standard InChI is InChI=1S/C18H25BrO4/c1-12(2)22-17(21)14(11-16(20)23-18(3,4)5)9-13-7-6-8-15(19)10-13/h6-8,10,12,14H,9,11H2,1-5H3/t14-/m0/s1. The van der Waals surface area contributed by atoms with E-state index in [4.69, 9.17) is 9.47 Å². The number of halogens is 1. The lowest BCUT2D eigenvalue weighted by molar-refractivity contribution is -0.163. The van der Waals surface area contributed by atoms with Crippen LogP contribution in [0.15, 0.2) is 28.7 Å². The molecule has 0 fully saturated rings. The molecular formula is C18H25BrO4. The summed E-state index contributed by atoms with van der Waals surface area (Å²) in [6.07, 6.45) is 0.227. The van der Waals surface area contributed by atoms with Crippen molar-refractivity contribution in [2.24, 2.45) is 5.92 Å². The smallest absolute Gasteiger partial charge is 0.310 e. The molecule has 1 aromatic rings. The van der Waals surface area contributed by atoms with E-state index in [2.05, 4.69) is 15.9 Å². The van der Waals surface area contributed by atoms with Gasteiger partial charge in [0.05, 0.1) is 18.4 Å². The van der Waals surface area contributed by atoms with E-state index in [9.17, 15) is 9.59 Å². The molecule has 1 atom stereocenters. The maximum absolute atomic E-state index is 12.3. The molecule has 5 heteroatoms. The fourth-order valence-electron chi connectivity index (χ4n) is 2.10. The van der Waals surface area contributed by atoms with Crippen molar-refractivity contribution < 1.29 is 19.1 Å². The fraction of sp³-hybridized carbons (Fsp3) is 0.556. The van der Waals surface area contributed by atoms with Gasteiger partial charge < -0.3 is 9.47 Å². The van der Waals surface area contributed by atoms with Gasteiger partial charge in [-0.05, 0) is 58.7 Å². The van der Waals surface area contributed by atoms with Crippen molar-refractivity contribution in [1.29, 1.82) is 0 Å². The summed E-state index contributed by atoms with van der Waals surface area (Å²) in [5, 5.41) is 0. The van der Waals surface area contributed by atoms with Crippen LogP contribution in [0.1, 0.15) is 46.6 Å². The number of hydrogen-bond acceptors (Lipinski definition) is 4. The summed E-state index contributed by atoms with van der Waals surface area (Å²) in [7, 11) is 0. The van der Waals surface area contributed by atoms with Gasteiger partial charge in [0.2, 0.25) is 0 Å². The van der Waals surface area contributed by atoms with E-state index >= 15 is 0 Å². The van der Waals surface area contributed by atoms with Crippen LogP contribution in [0.25, 0.3) is 0 Å². The average Bonchev–Trinajstić information content (AvgIpc) is 2.34. The third-order valence-electron chi connectivity index (χ3n) is 2.89.